The van der Waals surface area contributed by atoms with E-state index < -0.39 is 10.0 Å². The van der Waals surface area contributed by atoms with Crippen molar-refractivity contribution in [3.63, 3.8) is 0 Å². The summed E-state index contributed by atoms with van der Waals surface area (Å²) in [5, 5.41) is 3.37. The lowest BCUT2D eigenvalue weighted by Crippen LogP contribution is -2.47. The second-order valence-corrected chi connectivity index (χ2v) is 10.3. The molecule has 1 aliphatic rings. The largest absolute Gasteiger partial charge is 0.495 e. The van der Waals surface area contributed by atoms with Gasteiger partial charge in [-0.05, 0) is 56.4 Å². The van der Waals surface area contributed by atoms with E-state index >= 15 is 0 Å². The predicted molar refractivity (Wildman–Crippen MR) is 122 cm³/mol. The molecule has 0 unspecified atom stereocenters. The highest BCUT2D eigenvalue weighted by molar-refractivity contribution is 7.89. The van der Waals surface area contributed by atoms with E-state index in [0.717, 1.165) is 12.8 Å². The van der Waals surface area contributed by atoms with Crippen molar-refractivity contribution < 1.29 is 17.9 Å². The first-order chi connectivity index (χ1) is 14.8. The highest BCUT2D eigenvalue weighted by Gasteiger charge is 2.35. The van der Waals surface area contributed by atoms with Crippen molar-refractivity contribution in [2.24, 2.45) is 5.92 Å². The topological polar surface area (TPSA) is 75.7 Å². The van der Waals surface area contributed by atoms with Crippen LogP contribution in [0.4, 0.5) is 0 Å². The number of benzene rings is 2. The van der Waals surface area contributed by atoms with Crippen molar-refractivity contribution in [2.45, 2.75) is 43.5 Å². The lowest BCUT2D eigenvalue weighted by Gasteiger charge is -2.32. The highest BCUT2D eigenvalue weighted by Crippen LogP contribution is 2.32. The zero-order valence-corrected chi connectivity index (χ0v) is 19.5. The number of ether oxygens (including phenoxy) is 1. The number of carbonyl (C=O) groups is 1. The van der Waals surface area contributed by atoms with Gasteiger partial charge < -0.3 is 10.1 Å². The van der Waals surface area contributed by atoms with E-state index in [4.69, 9.17) is 16.3 Å². The lowest BCUT2D eigenvalue weighted by molar-refractivity contribution is -0.126. The molecule has 3 rings (SSSR count). The fourth-order valence-electron chi connectivity index (χ4n) is 3.83. The van der Waals surface area contributed by atoms with E-state index in [1.165, 1.54) is 29.1 Å². The van der Waals surface area contributed by atoms with Crippen LogP contribution < -0.4 is 10.1 Å². The molecule has 168 valence electrons. The molecule has 8 heteroatoms. The van der Waals surface area contributed by atoms with E-state index in [-0.39, 0.29) is 35.1 Å². The van der Waals surface area contributed by atoms with Gasteiger partial charge in [0.05, 0.1) is 13.0 Å². The SMILES string of the molecule is COc1ccc(Cl)cc1S(=O)(=O)N1CCC[C@@H](C(=O)N[C@H](C)CCc2ccccc2)C1. The molecule has 6 nitrogen and oxygen atoms in total. The van der Waals surface area contributed by atoms with Gasteiger partial charge in [-0.2, -0.15) is 4.31 Å². The number of halogens is 1. The normalized spacial score (nSPS) is 18.4. The van der Waals surface area contributed by atoms with Crippen LogP contribution in [0.3, 0.4) is 0 Å². The Kier molecular flexibility index (Phi) is 7.97. The van der Waals surface area contributed by atoms with E-state index in [9.17, 15) is 13.2 Å². The van der Waals surface area contributed by atoms with Gasteiger partial charge in [-0.25, -0.2) is 8.42 Å². The summed E-state index contributed by atoms with van der Waals surface area (Å²) in [5.41, 5.74) is 1.23. The average molecular weight is 465 g/mol. The third kappa shape index (κ3) is 5.99. The maximum atomic E-state index is 13.2. The number of amides is 1. The first-order valence-electron chi connectivity index (χ1n) is 10.5. The minimum Gasteiger partial charge on any atom is -0.495 e. The van der Waals surface area contributed by atoms with Gasteiger partial charge in [-0.15, -0.1) is 0 Å². The molecule has 1 fully saturated rings. The molecule has 0 spiro atoms. The summed E-state index contributed by atoms with van der Waals surface area (Å²) in [6.45, 7) is 2.50. The molecule has 2 aromatic rings. The Hall–Kier alpha value is -2.09. The van der Waals surface area contributed by atoms with E-state index in [0.29, 0.717) is 24.4 Å². The predicted octanol–water partition coefficient (Wildman–Crippen LogP) is 3.89. The molecule has 1 saturated heterocycles. The van der Waals surface area contributed by atoms with E-state index in [1.54, 1.807) is 6.07 Å². The van der Waals surface area contributed by atoms with Gasteiger partial charge in [0.2, 0.25) is 15.9 Å². The summed E-state index contributed by atoms with van der Waals surface area (Å²) in [6, 6.07) is 14.7. The van der Waals surface area contributed by atoms with Crippen molar-refractivity contribution in [1.82, 2.24) is 9.62 Å². The zero-order valence-electron chi connectivity index (χ0n) is 17.9. The summed E-state index contributed by atoms with van der Waals surface area (Å²) in [5.74, 6) is -0.239. The Morgan fingerprint density at radius 1 is 1.26 bits per heavy atom. The van der Waals surface area contributed by atoms with Crippen LogP contribution in [-0.2, 0) is 21.2 Å². The van der Waals surface area contributed by atoms with Crippen LogP contribution in [0.5, 0.6) is 5.75 Å². The first kappa shape index (κ1) is 23.6. The summed E-state index contributed by atoms with van der Waals surface area (Å²) < 4.78 is 33.0. The Balaban J connectivity index is 1.63. The highest BCUT2D eigenvalue weighted by atomic mass is 35.5. The Bertz CT molecular complexity index is 998. The van der Waals surface area contributed by atoms with Gasteiger partial charge in [-0.3, -0.25) is 4.79 Å². The molecule has 31 heavy (non-hydrogen) atoms. The quantitative estimate of drug-likeness (QED) is 0.643. The number of carbonyl (C=O) groups excluding carboxylic acids is 1. The number of rotatable bonds is 8. The second-order valence-electron chi connectivity index (χ2n) is 7.93. The van der Waals surface area contributed by atoms with Gasteiger partial charge in [-0.1, -0.05) is 41.9 Å². The van der Waals surface area contributed by atoms with Crippen LogP contribution in [0.1, 0.15) is 31.7 Å². The third-order valence-corrected chi connectivity index (χ3v) is 7.72. The van der Waals surface area contributed by atoms with E-state index in [1.807, 2.05) is 25.1 Å². The molecule has 0 bridgehead atoms. The minimum atomic E-state index is -3.82. The van der Waals surface area contributed by atoms with Crippen molar-refractivity contribution in [3.8, 4) is 5.75 Å². The summed E-state index contributed by atoms with van der Waals surface area (Å²) >= 11 is 6.03. The van der Waals surface area contributed by atoms with Gasteiger partial charge in [0, 0.05) is 24.2 Å². The van der Waals surface area contributed by atoms with E-state index in [2.05, 4.69) is 17.4 Å². The standard InChI is InChI=1S/C23H29ClN2O4S/c1-17(10-11-18-7-4-3-5-8-18)25-23(27)19-9-6-14-26(16-19)31(28,29)22-15-20(24)12-13-21(22)30-2/h3-5,7-8,12-13,15,17,19H,6,9-11,14,16H2,1-2H3,(H,25,27)/t17-,19-/m1/s1. The Morgan fingerprint density at radius 2 is 2.00 bits per heavy atom. The minimum absolute atomic E-state index is 0.00714. The summed E-state index contributed by atoms with van der Waals surface area (Å²) in [7, 11) is -2.40. The van der Waals surface area contributed by atoms with Crippen molar-refractivity contribution in [3.05, 3.63) is 59.1 Å². The number of aryl methyl sites for hydroxylation is 1. The lowest BCUT2D eigenvalue weighted by atomic mass is 9.98. The van der Waals surface area contributed by atoms with Crippen LogP contribution in [0.25, 0.3) is 0 Å². The van der Waals surface area contributed by atoms with Crippen LogP contribution in [0.15, 0.2) is 53.4 Å². The third-order valence-electron chi connectivity index (χ3n) is 5.60. The number of piperidine rings is 1. The number of methoxy groups -OCH3 is 1. The number of hydrogen-bond donors (Lipinski definition) is 1. The monoisotopic (exact) mass is 464 g/mol. The van der Waals surface area contributed by atoms with Gasteiger partial charge >= 0.3 is 0 Å². The molecule has 0 aliphatic carbocycles. The van der Waals surface area contributed by atoms with Crippen molar-refractivity contribution >= 4 is 27.5 Å². The maximum Gasteiger partial charge on any atom is 0.246 e. The molecule has 0 saturated carbocycles. The average Bonchev–Trinajstić information content (AvgIpc) is 2.78. The van der Waals surface area contributed by atoms with Crippen molar-refractivity contribution in [2.75, 3.05) is 20.2 Å². The number of sulfonamides is 1. The zero-order chi connectivity index (χ0) is 22.4. The molecule has 2 aromatic carbocycles. The molecule has 0 radical (unpaired) electrons. The fourth-order valence-corrected chi connectivity index (χ4v) is 5.77. The molecule has 1 N–H and O–H groups in total. The smallest absolute Gasteiger partial charge is 0.246 e. The molecule has 1 aliphatic heterocycles. The molecule has 2 atom stereocenters. The molecular formula is C23H29ClN2O4S. The number of nitrogens with one attached hydrogen (secondary N) is 1. The van der Waals surface area contributed by atoms with Crippen LogP contribution in [0, 0.1) is 5.92 Å². The Labute approximate surface area is 189 Å². The van der Waals surface area contributed by atoms with Crippen LogP contribution in [0.2, 0.25) is 5.02 Å². The molecule has 0 aromatic heterocycles. The fraction of sp³-hybridized carbons (Fsp3) is 0.435. The molecule has 1 heterocycles. The Morgan fingerprint density at radius 3 is 2.71 bits per heavy atom. The summed E-state index contributed by atoms with van der Waals surface area (Å²) in [4.78, 5) is 12.9. The van der Waals surface area contributed by atoms with Gasteiger partial charge in [0.15, 0.2) is 0 Å². The van der Waals surface area contributed by atoms with Crippen molar-refractivity contribution in [1.29, 1.82) is 0 Å². The van der Waals surface area contributed by atoms with Gasteiger partial charge in [0.1, 0.15) is 10.6 Å². The van der Waals surface area contributed by atoms with Crippen LogP contribution in [-0.4, -0.2) is 44.9 Å². The molecular weight excluding hydrogens is 436 g/mol. The van der Waals surface area contributed by atoms with Gasteiger partial charge in [0.25, 0.3) is 0 Å². The maximum absolute atomic E-state index is 13.2. The van der Waals surface area contributed by atoms with Crippen LogP contribution >= 0.6 is 11.6 Å². The first-order valence-corrected chi connectivity index (χ1v) is 12.3. The number of nitrogens with zero attached hydrogens (tertiary/aromatic N) is 1. The number of hydrogen-bond acceptors (Lipinski definition) is 4. The summed E-state index contributed by atoms with van der Waals surface area (Å²) in [6.07, 6.45) is 2.99. The molecule has 1 amide bonds. The second kappa shape index (κ2) is 10.5.